The van der Waals surface area contributed by atoms with Gasteiger partial charge in [-0.15, -0.1) is 0 Å². The summed E-state index contributed by atoms with van der Waals surface area (Å²) in [6, 6.07) is 6.56. The van der Waals surface area contributed by atoms with Crippen LogP contribution in [0.2, 0.25) is 0 Å². The fourth-order valence-electron chi connectivity index (χ4n) is 1.87. The van der Waals surface area contributed by atoms with E-state index in [2.05, 4.69) is 4.52 Å². The van der Waals surface area contributed by atoms with Gasteiger partial charge in [0.1, 0.15) is 0 Å². The summed E-state index contributed by atoms with van der Waals surface area (Å²) in [6.45, 7) is 0. The molecule has 20 heavy (non-hydrogen) atoms. The second kappa shape index (κ2) is 8.15. The average molecular weight is 301 g/mol. The maximum Gasteiger partial charge on any atom is 0.327 e. The second-order valence-electron chi connectivity index (χ2n) is 4.63. The van der Waals surface area contributed by atoms with Gasteiger partial charge in [-0.1, -0.05) is 25.0 Å². The van der Waals surface area contributed by atoms with Crippen molar-refractivity contribution in [3.8, 4) is 0 Å². The third-order valence-corrected chi connectivity index (χ3v) is 4.54. The molecule has 0 spiro atoms. The number of nitro groups is 1. The van der Waals surface area contributed by atoms with Crippen molar-refractivity contribution in [2.24, 2.45) is 0 Å². The van der Waals surface area contributed by atoms with E-state index >= 15 is 0 Å². The summed E-state index contributed by atoms with van der Waals surface area (Å²) in [5.74, 6) is 0. The molecule has 0 aliphatic heterocycles. The van der Waals surface area contributed by atoms with Gasteiger partial charge in [0.15, 0.2) is 0 Å². The highest BCUT2D eigenvalue weighted by Gasteiger charge is 2.15. The van der Waals surface area contributed by atoms with Crippen molar-refractivity contribution in [1.29, 1.82) is 0 Å². The molecule has 1 rings (SSSR count). The maximum absolute atomic E-state index is 11.2. The van der Waals surface area contributed by atoms with Crippen LogP contribution in [0.25, 0.3) is 0 Å². The molecular weight excluding hydrogens is 281 g/mol. The number of nitrogens with zero attached hydrogens (tertiary/aromatic N) is 1. The molecule has 0 aliphatic carbocycles. The Morgan fingerprint density at radius 3 is 2.35 bits per heavy atom. The van der Waals surface area contributed by atoms with Gasteiger partial charge in [-0.05, 0) is 24.8 Å². The third-order valence-electron chi connectivity index (χ3n) is 3.09. The Kier molecular flexibility index (Phi) is 6.85. The van der Waals surface area contributed by atoms with Crippen molar-refractivity contribution >= 4 is 13.3 Å². The molecule has 1 aromatic carbocycles. The molecule has 1 N–H and O–H groups in total. The number of benzene rings is 1. The highest BCUT2D eigenvalue weighted by Crippen LogP contribution is 2.41. The lowest BCUT2D eigenvalue weighted by atomic mass is 10.1. The van der Waals surface area contributed by atoms with Gasteiger partial charge in [-0.25, -0.2) is 0 Å². The summed E-state index contributed by atoms with van der Waals surface area (Å²) in [6.07, 6.45) is 4.52. The maximum atomic E-state index is 11.2. The zero-order chi connectivity index (χ0) is 15.0. The number of aryl methyl sites for hydroxylation is 1. The van der Waals surface area contributed by atoms with Crippen molar-refractivity contribution < 1.29 is 18.9 Å². The minimum atomic E-state index is -3.36. The molecule has 6 nitrogen and oxygen atoms in total. The van der Waals surface area contributed by atoms with E-state index in [1.54, 1.807) is 12.1 Å². The molecule has 0 amide bonds. The van der Waals surface area contributed by atoms with Gasteiger partial charge in [0.2, 0.25) is 0 Å². The average Bonchev–Trinajstić information content (AvgIpc) is 2.43. The molecule has 0 aliphatic rings. The first-order chi connectivity index (χ1) is 9.44. The number of unbranched alkanes of at least 4 members (excludes halogenated alkanes) is 3. The highest BCUT2D eigenvalue weighted by molar-refractivity contribution is 7.52. The molecule has 0 radical (unpaired) electrons. The van der Waals surface area contributed by atoms with E-state index < -0.39 is 12.5 Å². The molecule has 0 saturated heterocycles. The number of non-ortho nitro benzene ring substituents is 1. The minimum absolute atomic E-state index is 0.104. The number of hydrogen-bond donors (Lipinski definition) is 1. The summed E-state index contributed by atoms with van der Waals surface area (Å²) in [4.78, 5) is 19.3. The Balaban J connectivity index is 2.18. The Morgan fingerprint density at radius 1 is 1.20 bits per heavy atom. The first-order valence-electron chi connectivity index (χ1n) is 6.55. The van der Waals surface area contributed by atoms with Crippen molar-refractivity contribution in [1.82, 2.24) is 0 Å². The van der Waals surface area contributed by atoms with Crippen molar-refractivity contribution in [3.05, 3.63) is 39.9 Å². The van der Waals surface area contributed by atoms with Gasteiger partial charge < -0.3 is 9.42 Å². The zero-order valence-corrected chi connectivity index (χ0v) is 12.4. The van der Waals surface area contributed by atoms with Crippen molar-refractivity contribution in [2.45, 2.75) is 32.1 Å². The molecule has 0 bridgehead atoms. The largest absolute Gasteiger partial charge is 0.327 e. The first kappa shape index (κ1) is 16.8. The monoisotopic (exact) mass is 301 g/mol. The molecule has 0 fully saturated rings. The fraction of sp³-hybridized carbons (Fsp3) is 0.538. The Hall–Kier alpha value is -1.23. The van der Waals surface area contributed by atoms with Crippen molar-refractivity contribution in [3.63, 3.8) is 0 Å². The quantitative estimate of drug-likeness (QED) is 0.326. The molecule has 0 aromatic heterocycles. The number of hydrogen-bond acceptors (Lipinski definition) is 4. The Bertz CT molecular complexity index is 474. The van der Waals surface area contributed by atoms with Gasteiger partial charge in [-0.3, -0.25) is 14.7 Å². The fourth-order valence-corrected chi connectivity index (χ4v) is 2.68. The third kappa shape index (κ3) is 6.28. The molecule has 1 atom stereocenters. The summed E-state index contributed by atoms with van der Waals surface area (Å²) in [5, 5.41) is 10.5. The van der Waals surface area contributed by atoms with E-state index in [1.165, 1.54) is 19.2 Å². The van der Waals surface area contributed by atoms with E-state index in [4.69, 9.17) is 0 Å². The minimum Gasteiger partial charge on any atom is -0.324 e. The first-order valence-corrected chi connectivity index (χ1v) is 8.32. The molecule has 1 aromatic rings. The zero-order valence-electron chi connectivity index (χ0n) is 11.5. The summed E-state index contributed by atoms with van der Waals surface area (Å²) in [5.41, 5.74) is 1.17. The lowest BCUT2D eigenvalue weighted by molar-refractivity contribution is -0.384. The van der Waals surface area contributed by atoms with Crippen LogP contribution in [-0.4, -0.2) is 23.1 Å². The normalized spacial score (nSPS) is 13.9. The van der Waals surface area contributed by atoms with Gasteiger partial charge in [0.25, 0.3) is 5.69 Å². The summed E-state index contributed by atoms with van der Waals surface area (Å²) >= 11 is 0. The Morgan fingerprint density at radius 2 is 1.80 bits per heavy atom. The lowest BCUT2D eigenvalue weighted by Gasteiger charge is -2.07. The predicted octanol–water partition coefficient (Wildman–Crippen LogP) is 3.53. The molecule has 112 valence electrons. The van der Waals surface area contributed by atoms with Crippen LogP contribution >= 0.6 is 7.60 Å². The van der Waals surface area contributed by atoms with Gasteiger partial charge in [0.05, 0.1) is 4.92 Å². The number of nitro benzene ring substituents is 1. The predicted molar refractivity (Wildman–Crippen MR) is 77.0 cm³/mol. The van der Waals surface area contributed by atoms with E-state index in [9.17, 15) is 19.6 Å². The molecule has 0 saturated carbocycles. The lowest BCUT2D eigenvalue weighted by Crippen LogP contribution is -1.92. The van der Waals surface area contributed by atoms with Crippen LogP contribution in [0.3, 0.4) is 0 Å². The second-order valence-corrected chi connectivity index (χ2v) is 6.72. The smallest absolute Gasteiger partial charge is 0.324 e. The van der Waals surface area contributed by atoms with E-state index in [0.29, 0.717) is 6.42 Å². The van der Waals surface area contributed by atoms with Crippen molar-refractivity contribution in [2.75, 3.05) is 13.3 Å². The van der Waals surface area contributed by atoms with Gasteiger partial charge >= 0.3 is 7.60 Å². The molecular formula is C13H20NO5P. The van der Waals surface area contributed by atoms with Crippen LogP contribution in [0.15, 0.2) is 24.3 Å². The number of rotatable bonds is 9. The van der Waals surface area contributed by atoms with Crippen LogP contribution < -0.4 is 0 Å². The molecule has 1 unspecified atom stereocenters. The topological polar surface area (TPSA) is 89.7 Å². The summed E-state index contributed by atoms with van der Waals surface area (Å²) in [7, 11) is -2.11. The van der Waals surface area contributed by atoms with Crippen LogP contribution in [0.5, 0.6) is 0 Å². The molecule has 7 heteroatoms. The SMILES string of the molecule is COP(=O)(O)CCCCCCc1ccc([N+](=O)[O-])cc1. The van der Waals surface area contributed by atoms with E-state index in [1.807, 2.05) is 0 Å². The standard InChI is InChI=1S/C13H20NO5P/c1-19-20(17,18)11-5-3-2-4-6-12-7-9-13(10-8-12)14(15)16/h7-10H,2-6,11H2,1H3,(H,17,18). The van der Waals surface area contributed by atoms with Crippen LogP contribution in [0.4, 0.5) is 5.69 Å². The molecule has 0 heterocycles. The van der Waals surface area contributed by atoms with Crippen LogP contribution in [0, 0.1) is 10.1 Å². The van der Waals surface area contributed by atoms with E-state index in [0.717, 1.165) is 31.2 Å². The van der Waals surface area contributed by atoms with Gasteiger partial charge in [0, 0.05) is 25.4 Å². The van der Waals surface area contributed by atoms with Gasteiger partial charge in [-0.2, -0.15) is 0 Å². The highest BCUT2D eigenvalue weighted by atomic mass is 31.2. The summed E-state index contributed by atoms with van der Waals surface area (Å²) < 4.78 is 15.7. The van der Waals surface area contributed by atoms with Crippen LogP contribution in [-0.2, 0) is 15.5 Å². The Labute approximate surface area is 118 Å². The van der Waals surface area contributed by atoms with E-state index in [-0.39, 0.29) is 11.8 Å². The van der Waals surface area contributed by atoms with Crippen LogP contribution in [0.1, 0.15) is 31.2 Å².